The summed E-state index contributed by atoms with van der Waals surface area (Å²) in [5, 5.41) is 2.69. The molecular weight excluding hydrogens is 430 g/mol. The lowest BCUT2D eigenvalue weighted by atomic mass is 10.2. The summed E-state index contributed by atoms with van der Waals surface area (Å²) in [6.45, 7) is 1.83. The fraction of sp³-hybridized carbons (Fsp3) is 0.0526. The Kier molecular flexibility index (Phi) is 5.57. The molecule has 0 aliphatic carbocycles. The lowest BCUT2D eigenvalue weighted by Crippen LogP contribution is -2.15. The topological polar surface area (TPSA) is 88.2 Å². The number of sulfonamides is 1. The standard InChI is InChI=1S/C19H16BrN3O3S/c1-13-4-2-7-18(21-13)22-19(24)14-5-3-6-16(12-14)23-27(25,26)17-10-8-15(20)9-11-17/h2-12,23H,1H3,(H,21,22,24). The van der Waals surface area contributed by atoms with Crippen molar-refractivity contribution in [3.63, 3.8) is 0 Å². The minimum Gasteiger partial charge on any atom is -0.307 e. The number of hydrogen-bond donors (Lipinski definition) is 2. The number of carbonyl (C=O) groups is 1. The molecule has 2 N–H and O–H groups in total. The number of amides is 1. The van der Waals surface area contributed by atoms with Crippen molar-refractivity contribution in [3.8, 4) is 0 Å². The first kappa shape index (κ1) is 19.1. The maximum Gasteiger partial charge on any atom is 0.261 e. The van der Waals surface area contributed by atoms with Gasteiger partial charge in [0.25, 0.3) is 15.9 Å². The third-order valence-electron chi connectivity index (χ3n) is 3.63. The van der Waals surface area contributed by atoms with Gasteiger partial charge in [-0.15, -0.1) is 0 Å². The molecule has 0 saturated heterocycles. The van der Waals surface area contributed by atoms with Crippen LogP contribution in [0.5, 0.6) is 0 Å². The Hall–Kier alpha value is -2.71. The molecule has 0 atom stereocenters. The summed E-state index contributed by atoms with van der Waals surface area (Å²) in [6.07, 6.45) is 0. The van der Waals surface area contributed by atoms with Gasteiger partial charge in [-0.3, -0.25) is 9.52 Å². The van der Waals surface area contributed by atoms with Crippen LogP contribution in [0.1, 0.15) is 16.1 Å². The van der Waals surface area contributed by atoms with Gasteiger partial charge < -0.3 is 5.32 Å². The van der Waals surface area contributed by atoms with Crippen LogP contribution < -0.4 is 10.0 Å². The molecule has 0 unspecified atom stereocenters. The third kappa shape index (κ3) is 4.93. The first-order chi connectivity index (χ1) is 12.8. The van der Waals surface area contributed by atoms with Crippen LogP contribution in [-0.4, -0.2) is 19.3 Å². The second-order valence-corrected chi connectivity index (χ2v) is 8.36. The number of pyridine rings is 1. The Morgan fingerprint density at radius 3 is 2.41 bits per heavy atom. The van der Waals surface area contributed by atoms with E-state index in [1.165, 1.54) is 18.2 Å². The summed E-state index contributed by atoms with van der Waals surface area (Å²) in [5.41, 5.74) is 1.39. The second-order valence-electron chi connectivity index (χ2n) is 5.76. The predicted octanol–water partition coefficient (Wildman–Crippen LogP) is 4.21. The quantitative estimate of drug-likeness (QED) is 0.615. The number of nitrogens with one attached hydrogen (secondary N) is 2. The van der Waals surface area contributed by atoms with E-state index in [0.717, 1.165) is 10.2 Å². The molecule has 3 aromatic rings. The van der Waals surface area contributed by atoms with Crippen molar-refractivity contribution in [2.24, 2.45) is 0 Å². The number of aromatic nitrogens is 1. The average molecular weight is 446 g/mol. The summed E-state index contributed by atoms with van der Waals surface area (Å²) < 4.78 is 28.2. The number of carbonyl (C=O) groups excluding carboxylic acids is 1. The van der Waals surface area contributed by atoms with Gasteiger partial charge >= 0.3 is 0 Å². The van der Waals surface area contributed by atoms with Crippen molar-refractivity contribution >= 4 is 43.4 Å². The first-order valence-electron chi connectivity index (χ1n) is 7.97. The molecule has 1 heterocycles. The number of rotatable bonds is 5. The SMILES string of the molecule is Cc1cccc(NC(=O)c2cccc(NS(=O)(=O)c3ccc(Br)cc3)c2)n1. The van der Waals surface area contributed by atoms with Crippen LogP contribution in [0.15, 0.2) is 76.1 Å². The lowest BCUT2D eigenvalue weighted by molar-refractivity contribution is 0.102. The zero-order chi connectivity index (χ0) is 19.4. The summed E-state index contributed by atoms with van der Waals surface area (Å²) in [6, 6.07) is 17.8. The van der Waals surface area contributed by atoms with Gasteiger partial charge in [0.15, 0.2) is 0 Å². The van der Waals surface area contributed by atoms with Gasteiger partial charge in [0.05, 0.1) is 4.90 Å². The summed E-state index contributed by atoms with van der Waals surface area (Å²) in [7, 11) is -3.75. The molecule has 0 bridgehead atoms. The number of aryl methyl sites for hydroxylation is 1. The predicted molar refractivity (Wildman–Crippen MR) is 108 cm³/mol. The van der Waals surface area contributed by atoms with E-state index in [9.17, 15) is 13.2 Å². The second kappa shape index (κ2) is 7.89. The van der Waals surface area contributed by atoms with E-state index in [1.807, 2.05) is 13.0 Å². The van der Waals surface area contributed by atoms with Gasteiger partial charge in [-0.2, -0.15) is 0 Å². The van der Waals surface area contributed by atoms with Crippen molar-refractivity contribution in [1.82, 2.24) is 4.98 Å². The molecule has 0 spiro atoms. The number of benzene rings is 2. The molecule has 0 fully saturated rings. The highest BCUT2D eigenvalue weighted by molar-refractivity contribution is 9.10. The maximum atomic E-state index is 12.5. The maximum absolute atomic E-state index is 12.5. The Labute approximate surface area is 165 Å². The Morgan fingerprint density at radius 2 is 1.70 bits per heavy atom. The summed E-state index contributed by atoms with van der Waals surface area (Å²) >= 11 is 3.27. The van der Waals surface area contributed by atoms with Crippen LogP contribution in [0.25, 0.3) is 0 Å². The van der Waals surface area contributed by atoms with Crippen LogP contribution in [0, 0.1) is 6.92 Å². The number of halogens is 1. The molecule has 0 aliphatic rings. The van der Waals surface area contributed by atoms with E-state index >= 15 is 0 Å². The van der Waals surface area contributed by atoms with Gasteiger partial charge in [-0.05, 0) is 61.5 Å². The number of anilines is 2. The van der Waals surface area contributed by atoms with Crippen molar-refractivity contribution in [2.45, 2.75) is 11.8 Å². The minimum atomic E-state index is -3.75. The van der Waals surface area contributed by atoms with Gasteiger partial charge in [-0.1, -0.05) is 28.1 Å². The molecule has 8 heteroatoms. The van der Waals surface area contributed by atoms with Crippen molar-refractivity contribution < 1.29 is 13.2 Å². The molecule has 3 rings (SSSR count). The van der Waals surface area contributed by atoms with Gasteiger partial charge in [0.2, 0.25) is 0 Å². The third-order valence-corrected chi connectivity index (χ3v) is 5.56. The molecule has 1 amide bonds. The summed E-state index contributed by atoms with van der Waals surface area (Å²) in [4.78, 5) is 16.8. The van der Waals surface area contributed by atoms with E-state index in [0.29, 0.717) is 17.1 Å². The van der Waals surface area contributed by atoms with Gasteiger partial charge in [0, 0.05) is 21.4 Å². The zero-order valence-electron chi connectivity index (χ0n) is 14.3. The lowest BCUT2D eigenvalue weighted by Gasteiger charge is -2.10. The van der Waals surface area contributed by atoms with E-state index in [-0.39, 0.29) is 10.8 Å². The molecule has 138 valence electrons. The van der Waals surface area contributed by atoms with Gasteiger partial charge in [0.1, 0.15) is 5.82 Å². The van der Waals surface area contributed by atoms with Gasteiger partial charge in [-0.25, -0.2) is 13.4 Å². The monoisotopic (exact) mass is 445 g/mol. The van der Waals surface area contributed by atoms with E-state index in [2.05, 4.69) is 31.0 Å². The average Bonchev–Trinajstić information content (AvgIpc) is 2.62. The van der Waals surface area contributed by atoms with Crippen molar-refractivity contribution in [3.05, 3.63) is 82.5 Å². The molecule has 1 aromatic heterocycles. The van der Waals surface area contributed by atoms with E-state index < -0.39 is 10.0 Å². The normalized spacial score (nSPS) is 11.0. The molecule has 2 aromatic carbocycles. The molecular formula is C19H16BrN3O3S. The highest BCUT2D eigenvalue weighted by Crippen LogP contribution is 2.20. The highest BCUT2D eigenvalue weighted by Gasteiger charge is 2.15. The fourth-order valence-electron chi connectivity index (χ4n) is 2.35. The van der Waals surface area contributed by atoms with Crippen LogP contribution in [0.3, 0.4) is 0 Å². The zero-order valence-corrected chi connectivity index (χ0v) is 16.7. The smallest absolute Gasteiger partial charge is 0.261 e. The number of hydrogen-bond acceptors (Lipinski definition) is 4. The molecule has 27 heavy (non-hydrogen) atoms. The van der Waals surface area contributed by atoms with Crippen LogP contribution in [0.4, 0.5) is 11.5 Å². The highest BCUT2D eigenvalue weighted by atomic mass is 79.9. The molecule has 0 saturated carbocycles. The van der Waals surface area contributed by atoms with Crippen LogP contribution in [-0.2, 0) is 10.0 Å². The molecule has 0 radical (unpaired) electrons. The van der Waals surface area contributed by atoms with E-state index in [1.54, 1.807) is 42.5 Å². The van der Waals surface area contributed by atoms with Crippen molar-refractivity contribution in [2.75, 3.05) is 10.0 Å². The Bertz CT molecular complexity index is 1080. The van der Waals surface area contributed by atoms with Crippen LogP contribution >= 0.6 is 15.9 Å². The largest absolute Gasteiger partial charge is 0.307 e. The molecule has 0 aliphatic heterocycles. The molecule has 6 nitrogen and oxygen atoms in total. The Morgan fingerprint density at radius 1 is 1.00 bits per heavy atom. The minimum absolute atomic E-state index is 0.129. The van der Waals surface area contributed by atoms with E-state index in [4.69, 9.17) is 0 Å². The van der Waals surface area contributed by atoms with Crippen LogP contribution in [0.2, 0.25) is 0 Å². The first-order valence-corrected chi connectivity index (χ1v) is 10.2. The Balaban J connectivity index is 1.79. The fourth-order valence-corrected chi connectivity index (χ4v) is 3.67. The summed E-state index contributed by atoms with van der Waals surface area (Å²) in [5.74, 6) is 0.0543. The van der Waals surface area contributed by atoms with Crippen molar-refractivity contribution in [1.29, 1.82) is 0 Å². The number of nitrogens with zero attached hydrogens (tertiary/aromatic N) is 1.